The summed E-state index contributed by atoms with van der Waals surface area (Å²) in [5.41, 5.74) is -0.232. The van der Waals surface area contributed by atoms with Gasteiger partial charge in [0.25, 0.3) is 0 Å². The Balaban J connectivity index is 1.54. The van der Waals surface area contributed by atoms with E-state index >= 15 is 0 Å². The molecule has 41 heavy (non-hydrogen) atoms. The smallest absolute Gasteiger partial charge is 0.328 e. The van der Waals surface area contributed by atoms with Crippen LogP contribution in [0.5, 0.6) is 5.88 Å². The summed E-state index contributed by atoms with van der Waals surface area (Å²) in [6.07, 6.45) is 7.81. The topological polar surface area (TPSA) is 95.0 Å². The zero-order valence-electron chi connectivity index (χ0n) is 24.3. The van der Waals surface area contributed by atoms with Gasteiger partial charge in [-0.1, -0.05) is 54.8 Å². The van der Waals surface area contributed by atoms with Crippen LogP contribution < -0.4 is 4.74 Å². The van der Waals surface area contributed by atoms with Gasteiger partial charge in [-0.2, -0.15) is 0 Å². The Bertz CT molecular complexity index is 1260. The lowest BCUT2D eigenvalue weighted by molar-refractivity contribution is -0.157. The normalized spacial score (nSPS) is 20.1. The lowest BCUT2D eigenvalue weighted by atomic mass is 9.86. The molecule has 0 spiro atoms. The van der Waals surface area contributed by atoms with Crippen LogP contribution in [0.4, 0.5) is 0 Å². The SMILES string of the molecule is C=CCC(C)(C)COC(=O)C[C@H](C(=O)N1C[C@H](Oc2nccc3ccc(Br)cc23)C[C@H]1C(=O)OCC)C1CCCC1. The van der Waals surface area contributed by atoms with Crippen molar-refractivity contribution in [2.45, 2.75) is 77.9 Å². The van der Waals surface area contributed by atoms with Gasteiger partial charge in [-0.05, 0) is 55.7 Å². The number of carbonyl (C=O) groups excluding carboxylic acids is 3. The second kappa shape index (κ2) is 13.8. The Kier molecular flexibility index (Phi) is 10.4. The highest BCUT2D eigenvalue weighted by atomic mass is 79.9. The Morgan fingerprint density at radius 3 is 2.66 bits per heavy atom. The number of aromatic nitrogens is 1. The summed E-state index contributed by atoms with van der Waals surface area (Å²) in [5, 5.41) is 1.81. The summed E-state index contributed by atoms with van der Waals surface area (Å²) in [6, 6.07) is 6.98. The molecule has 2 heterocycles. The van der Waals surface area contributed by atoms with Gasteiger partial charge in [-0.15, -0.1) is 6.58 Å². The summed E-state index contributed by atoms with van der Waals surface area (Å²) >= 11 is 3.51. The maximum atomic E-state index is 14.2. The molecule has 0 N–H and O–H groups in total. The zero-order valence-corrected chi connectivity index (χ0v) is 25.9. The van der Waals surface area contributed by atoms with E-state index in [1.807, 2.05) is 44.2 Å². The first-order valence-electron chi connectivity index (χ1n) is 14.6. The lowest BCUT2D eigenvalue weighted by Gasteiger charge is -2.30. The van der Waals surface area contributed by atoms with Crippen LogP contribution in [0, 0.1) is 17.3 Å². The fraction of sp³-hybridized carbons (Fsp3) is 0.562. The summed E-state index contributed by atoms with van der Waals surface area (Å²) in [7, 11) is 0. The second-order valence-corrected chi connectivity index (χ2v) is 12.8. The molecule has 1 aromatic heterocycles. The van der Waals surface area contributed by atoms with E-state index in [4.69, 9.17) is 14.2 Å². The average molecular weight is 630 g/mol. The Morgan fingerprint density at radius 2 is 1.95 bits per heavy atom. The molecular weight excluding hydrogens is 588 g/mol. The van der Waals surface area contributed by atoms with E-state index in [1.165, 1.54) is 0 Å². The van der Waals surface area contributed by atoms with Gasteiger partial charge in [0.05, 0.1) is 32.1 Å². The number of hydrogen-bond donors (Lipinski definition) is 0. The van der Waals surface area contributed by atoms with Crippen LogP contribution in [0.1, 0.15) is 65.7 Å². The van der Waals surface area contributed by atoms with Gasteiger partial charge in [-0.25, -0.2) is 9.78 Å². The van der Waals surface area contributed by atoms with E-state index in [0.717, 1.165) is 40.9 Å². The summed E-state index contributed by atoms with van der Waals surface area (Å²) in [4.78, 5) is 46.3. The molecule has 222 valence electrons. The Labute approximate surface area is 250 Å². The number of esters is 2. The van der Waals surface area contributed by atoms with Crippen molar-refractivity contribution in [2.75, 3.05) is 19.8 Å². The molecule has 1 aromatic carbocycles. The quantitative estimate of drug-likeness (QED) is 0.202. The van der Waals surface area contributed by atoms with Gasteiger partial charge >= 0.3 is 11.9 Å². The largest absolute Gasteiger partial charge is 0.472 e. The number of nitrogens with zero attached hydrogens (tertiary/aromatic N) is 2. The first-order chi connectivity index (χ1) is 19.6. The number of ether oxygens (including phenoxy) is 3. The summed E-state index contributed by atoms with van der Waals surface area (Å²) < 4.78 is 18.2. The molecule has 3 atom stereocenters. The molecule has 1 aliphatic carbocycles. The molecule has 1 aliphatic heterocycles. The number of hydrogen-bond acceptors (Lipinski definition) is 7. The number of likely N-dealkylation sites (tertiary alicyclic amines) is 1. The number of fused-ring (bicyclic) bond motifs is 1. The van der Waals surface area contributed by atoms with Crippen molar-refractivity contribution in [1.29, 1.82) is 0 Å². The predicted octanol–water partition coefficient (Wildman–Crippen LogP) is 6.25. The molecule has 9 heteroatoms. The van der Waals surface area contributed by atoms with Gasteiger partial charge in [0, 0.05) is 27.9 Å². The minimum absolute atomic E-state index is 0.00978. The van der Waals surface area contributed by atoms with Crippen LogP contribution in [0.25, 0.3) is 10.8 Å². The Morgan fingerprint density at radius 1 is 1.20 bits per heavy atom. The molecule has 2 aliphatic rings. The lowest BCUT2D eigenvalue weighted by Crippen LogP contribution is -2.46. The van der Waals surface area contributed by atoms with Crippen LogP contribution in [-0.4, -0.2) is 59.6 Å². The Hall–Kier alpha value is -2.94. The summed E-state index contributed by atoms with van der Waals surface area (Å²) in [6.45, 7) is 10.2. The molecule has 1 saturated heterocycles. The van der Waals surface area contributed by atoms with Gasteiger partial charge in [0.1, 0.15) is 12.1 Å². The third-order valence-electron chi connectivity index (χ3n) is 8.07. The minimum atomic E-state index is -0.791. The minimum Gasteiger partial charge on any atom is -0.472 e. The first-order valence-corrected chi connectivity index (χ1v) is 15.4. The molecule has 2 fully saturated rings. The molecule has 1 amide bonds. The van der Waals surface area contributed by atoms with Crippen molar-refractivity contribution in [3.63, 3.8) is 0 Å². The zero-order chi connectivity index (χ0) is 29.6. The maximum Gasteiger partial charge on any atom is 0.328 e. The number of carbonyl (C=O) groups is 3. The van der Waals surface area contributed by atoms with E-state index < -0.39 is 30.0 Å². The van der Waals surface area contributed by atoms with Crippen molar-refractivity contribution in [3.05, 3.63) is 47.6 Å². The third-order valence-corrected chi connectivity index (χ3v) is 8.56. The van der Waals surface area contributed by atoms with Gasteiger partial charge in [-0.3, -0.25) is 9.59 Å². The number of benzene rings is 1. The van der Waals surface area contributed by atoms with E-state index in [1.54, 1.807) is 18.0 Å². The van der Waals surface area contributed by atoms with Crippen molar-refractivity contribution < 1.29 is 28.6 Å². The molecule has 1 saturated carbocycles. The molecule has 0 unspecified atom stereocenters. The number of amides is 1. The van der Waals surface area contributed by atoms with E-state index in [2.05, 4.69) is 27.5 Å². The average Bonchev–Trinajstić information content (AvgIpc) is 3.61. The van der Waals surface area contributed by atoms with Crippen LogP contribution >= 0.6 is 15.9 Å². The fourth-order valence-electron chi connectivity index (χ4n) is 5.95. The van der Waals surface area contributed by atoms with Gasteiger partial charge in [0.15, 0.2) is 0 Å². The molecule has 4 rings (SSSR count). The number of allylic oxidation sites excluding steroid dienone is 1. The van der Waals surface area contributed by atoms with Crippen LogP contribution in [0.15, 0.2) is 47.6 Å². The summed E-state index contributed by atoms with van der Waals surface area (Å²) in [5.74, 6) is -1.11. The highest BCUT2D eigenvalue weighted by Gasteiger charge is 2.46. The first kappa shape index (κ1) is 31.0. The van der Waals surface area contributed by atoms with E-state index in [-0.39, 0.29) is 49.8 Å². The van der Waals surface area contributed by atoms with E-state index in [9.17, 15) is 14.4 Å². The predicted molar refractivity (Wildman–Crippen MR) is 160 cm³/mol. The standard InChI is InChI=1S/C32H41BrN2O6/c1-5-14-32(3,4)20-40-28(36)18-26(21-9-7-8-10-21)30(37)35-19-24(17-27(35)31(38)39-6-2)41-29-25-16-23(33)12-11-22(25)13-15-34-29/h5,11-13,15-16,21,24,26-27H,1,6-10,14,17-20H2,2-4H3/t24-,26+,27+/m1/s1. The molecule has 8 nitrogen and oxygen atoms in total. The third kappa shape index (κ3) is 7.87. The van der Waals surface area contributed by atoms with Crippen molar-refractivity contribution in [2.24, 2.45) is 17.3 Å². The fourth-order valence-corrected chi connectivity index (χ4v) is 6.31. The monoisotopic (exact) mass is 628 g/mol. The number of rotatable bonds is 12. The van der Waals surface area contributed by atoms with Crippen LogP contribution in [0.2, 0.25) is 0 Å². The number of pyridine rings is 1. The molecule has 2 aromatic rings. The molecule has 0 bridgehead atoms. The molecule has 0 radical (unpaired) electrons. The number of halogens is 1. The highest BCUT2D eigenvalue weighted by molar-refractivity contribution is 9.10. The van der Waals surface area contributed by atoms with Crippen LogP contribution in [-0.2, 0) is 23.9 Å². The van der Waals surface area contributed by atoms with Crippen molar-refractivity contribution in [1.82, 2.24) is 9.88 Å². The van der Waals surface area contributed by atoms with Gasteiger partial charge < -0.3 is 19.1 Å². The molecular formula is C32H41BrN2O6. The highest BCUT2D eigenvalue weighted by Crippen LogP contribution is 2.37. The van der Waals surface area contributed by atoms with Crippen LogP contribution in [0.3, 0.4) is 0 Å². The van der Waals surface area contributed by atoms with Crippen molar-refractivity contribution in [3.8, 4) is 5.88 Å². The maximum absolute atomic E-state index is 14.2. The van der Waals surface area contributed by atoms with Crippen molar-refractivity contribution >= 4 is 44.5 Å². The second-order valence-electron chi connectivity index (χ2n) is 11.9. The van der Waals surface area contributed by atoms with E-state index in [0.29, 0.717) is 12.3 Å². The van der Waals surface area contributed by atoms with Gasteiger partial charge in [0.2, 0.25) is 11.8 Å².